The fourth-order valence-electron chi connectivity index (χ4n) is 0.939. The van der Waals surface area contributed by atoms with Crippen molar-refractivity contribution in [3.63, 3.8) is 0 Å². The normalized spacial score (nSPS) is 12.0. The van der Waals surface area contributed by atoms with Crippen LogP contribution in [0.4, 0.5) is 0 Å². The van der Waals surface area contributed by atoms with Crippen molar-refractivity contribution in [1.82, 2.24) is 0 Å². The molecule has 0 aliphatic rings. The van der Waals surface area contributed by atoms with E-state index in [2.05, 4.69) is 0 Å². The molecule has 0 bridgehead atoms. The highest BCUT2D eigenvalue weighted by Crippen LogP contribution is 2.23. The van der Waals surface area contributed by atoms with Crippen LogP contribution in [-0.4, -0.2) is 17.6 Å². The van der Waals surface area contributed by atoms with Crippen LogP contribution >= 0.6 is 11.3 Å². The van der Waals surface area contributed by atoms with Crippen LogP contribution in [0.2, 0.25) is 0 Å². The van der Waals surface area contributed by atoms with Crippen LogP contribution in [0.15, 0.2) is 12.1 Å². The first kappa shape index (κ1) is 9.71. The summed E-state index contributed by atoms with van der Waals surface area (Å²) >= 11 is 1.17. The molecule has 68 valence electrons. The Labute approximate surface area is 79.2 Å². The average molecular weight is 196 g/mol. The van der Waals surface area contributed by atoms with E-state index >= 15 is 0 Å². The number of nitrogens with two attached hydrogens (primary N) is 1. The molecule has 0 aliphatic carbocycles. The van der Waals surface area contributed by atoms with Gasteiger partial charge >= 0.3 is 5.97 Å². The second-order valence-electron chi connectivity index (χ2n) is 2.44. The summed E-state index contributed by atoms with van der Waals surface area (Å²) in [4.78, 5) is 11.8. The van der Waals surface area contributed by atoms with Crippen molar-refractivity contribution in [3.05, 3.63) is 21.9 Å². The SMILES string of the molecule is N#Cc1ccc(C(CN)C(=O)O)s1. The number of hydrogen-bond acceptors (Lipinski definition) is 4. The third-order valence-electron chi connectivity index (χ3n) is 1.61. The summed E-state index contributed by atoms with van der Waals surface area (Å²) < 4.78 is 0. The van der Waals surface area contributed by atoms with Crippen LogP contribution in [0.3, 0.4) is 0 Å². The van der Waals surface area contributed by atoms with Gasteiger partial charge in [-0.1, -0.05) is 0 Å². The number of rotatable bonds is 3. The highest BCUT2D eigenvalue weighted by atomic mass is 32.1. The van der Waals surface area contributed by atoms with Crippen LogP contribution in [-0.2, 0) is 4.79 Å². The summed E-state index contributed by atoms with van der Waals surface area (Å²) in [5.41, 5.74) is 5.30. The van der Waals surface area contributed by atoms with Gasteiger partial charge < -0.3 is 10.8 Å². The number of thiophene rings is 1. The summed E-state index contributed by atoms with van der Waals surface area (Å²) in [5, 5.41) is 17.3. The van der Waals surface area contributed by atoms with Gasteiger partial charge in [0, 0.05) is 11.4 Å². The molecular weight excluding hydrogens is 188 g/mol. The Hall–Kier alpha value is -1.38. The lowest BCUT2D eigenvalue weighted by molar-refractivity contribution is -0.138. The molecule has 5 heteroatoms. The van der Waals surface area contributed by atoms with E-state index in [0.29, 0.717) is 9.75 Å². The molecule has 4 nitrogen and oxygen atoms in total. The van der Waals surface area contributed by atoms with Crippen LogP contribution < -0.4 is 5.73 Å². The molecule has 0 fully saturated rings. The molecule has 0 aromatic carbocycles. The molecule has 1 rings (SSSR count). The summed E-state index contributed by atoms with van der Waals surface area (Å²) in [6.07, 6.45) is 0. The first-order chi connectivity index (χ1) is 6.19. The van der Waals surface area contributed by atoms with E-state index in [1.807, 2.05) is 6.07 Å². The third kappa shape index (κ3) is 2.05. The molecule has 1 aromatic heterocycles. The topological polar surface area (TPSA) is 87.1 Å². The van der Waals surface area contributed by atoms with Gasteiger partial charge in [0.2, 0.25) is 0 Å². The molecule has 0 aliphatic heterocycles. The molecule has 0 spiro atoms. The number of carboxylic acids is 1. The maximum atomic E-state index is 10.7. The lowest BCUT2D eigenvalue weighted by Gasteiger charge is -2.05. The molecule has 0 saturated heterocycles. The number of aliphatic carboxylic acids is 1. The minimum Gasteiger partial charge on any atom is -0.481 e. The maximum Gasteiger partial charge on any atom is 0.313 e. The highest BCUT2D eigenvalue weighted by Gasteiger charge is 2.19. The Morgan fingerprint density at radius 3 is 2.85 bits per heavy atom. The molecule has 3 N–H and O–H groups in total. The Balaban J connectivity index is 2.93. The van der Waals surface area contributed by atoms with Crippen molar-refractivity contribution >= 4 is 17.3 Å². The Morgan fingerprint density at radius 2 is 2.46 bits per heavy atom. The van der Waals surface area contributed by atoms with Gasteiger partial charge in [-0.05, 0) is 12.1 Å². The zero-order valence-corrected chi connectivity index (χ0v) is 7.54. The lowest BCUT2D eigenvalue weighted by Crippen LogP contribution is -2.19. The molecule has 0 saturated carbocycles. The van der Waals surface area contributed by atoms with Gasteiger partial charge in [0.1, 0.15) is 16.9 Å². The molecule has 0 amide bonds. The smallest absolute Gasteiger partial charge is 0.313 e. The van der Waals surface area contributed by atoms with E-state index in [4.69, 9.17) is 16.1 Å². The van der Waals surface area contributed by atoms with Gasteiger partial charge in [0.25, 0.3) is 0 Å². The second kappa shape index (κ2) is 4.03. The van der Waals surface area contributed by atoms with E-state index in [1.54, 1.807) is 12.1 Å². The number of carboxylic acid groups (broad SMARTS) is 1. The Morgan fingerprint density at radius 1 is 1.77 bits per heavy atom. The molecule has 13 heavy (non-hydrogen) atoms. The number of nitrogens with zero attached hydrogens (tertiary/aromatic N) is 1. The number of nitriles is 1. The molecule has 1 unspecified atom stereocenters. The van der Waals surface area contributed by atoms with E-state index < -0.39 is 11.9 Å². The zero-order valence-electron chi connectivity index (χ0n) is 6.73. The molecule has 1 aromatic rings. The fourth-order valence-corrected chi connectivity index (χ4v) is 1.85. The van der Waals surface area contributed by atoms with E-state index in [-0.39, 0.29) is 6.54 Å². The second-order valence-corrected chi connectivity index (χ2v) is 3.56. The predicted octanol–water partition coefficient (Wildman–Crippen LogP) is 0.747. The zero-order chi connectivity index (χ0) is 9.84. The summed E-state index contributed by atoms with van der Waals surface area (Å²) in [5.74, 6) is -1.64. The highest BCUT2D eigenvalue weighted by molar-refractivity contribution is 7.12. The number of hydrogen-bond donors (Lipinski definition) is 2. The van der Waals surface area contributed by atoms with Crippen molar-refractivity contribution in [2.24, 2.45) is 5.73 Å². The monoisotopic (exact) mass is 196 g/mol. The van der Waals surface area contributed by atoms with Crippen molar-refractivity contribution in [1.29, 1.82) is 5.26 Å². The van der Waals surface area contributed by atoms with Gasteiger partial charge in [0.15, 0.2) is 0 Å². The van der Waals surface area contributed by atoms with Crippen LogP contribution in [0.5, 0.6) is 0 Å². The van der Waals surface area contributed by atoms with Gasteiger partial charge in [-0.3, -0.25) is 4.79 Å². The quantitative estimate of drug-likeness (QED) is 0.746. The summed E-state index contributed by atoms with van der Waals surface area (Å²) in [6, 6.07) is 5.19. The van der Waals surface area contributed by atoms with Crippen molar-refractivity contribution in [3.8, 4) is 6.07 Å². The van der Waals surface area contributed by atoms with Gasteiger partial charge in [-0.15, -0.1) is 11.3 Å². The largest absolute Gasteiger partial charge is 0.481 e. The maximum absolute atomic E-state index is 10.7. The fraction of sp³-hybridized carbons (Fsp3) is 0.250. The van der Waals surface area contributed by atoms with Crippen LogP contribution in [0, 0.1) is 11.3 Å². The molecule has 1 atom stereocenters. The van der Waals surface area contributed by atoms with E-state index in [1.165, 1.54) is 11.3 Å². The van der Waals surface area contributed by atoms with Gasteiger partial charge in [-0.25, -0.2) is 0 Å². The first-order valence-corrected chi connectivity index (χ1v) is 4.43. The van der Waals surface area contributed by atoms with Crippen LogP contribution in [0.25, 0.3) is 0 Å². The van der Waals surface area contributed by atoms with E-state index in [0.717, 1.165) is 0 Å². The third-order valence-corrected chi connectivity index (χ3v) is 2.72. The lowest BCUT2D eigenvalue weighted by atomic mass is 10.1. The predicted molar refractivity (Wildman–Crippen MR) is 48.5 cm³/mol. The average Bonchev–Trinajstić information content (AvgIpc) is 2.53. The molecular formula is C8H8N2O2S. The number of carbonyl (C=O) groups is 1. The summed E-state index contributed by atoms with van der Waals surface area (Å²) in [7, 11) is 0. The Kier molecular flexibility index (Phi) is 3.01. The molecule has 1 heterocycles. The summed E-state index contributed by atoms with van der Waals surface area (Å²) in [6.45, 7) is 0.0563. The van der Waals surface area contributed by atoms with Crippen molar-refractivity contribution in [2.75, 3.05) is 6.54 Å². The van der Waals surface area contributed by atoms with Crippen molar-refractivity contribution in [2.45, 2.75) is 5.92 Å². The van der Waals surface area contributed by atoms with Gasteiger partial charge in [0.05, 0.1) is 0 Å². The van der Waals surface area contributed by atoms with Crippen molar-refractivity contribution < 1.29 is 9.90 Å². The minimum absolute atomic E-state index is 0.0563. The minimum atomic E-state index is -0.950. The molecule has 0 radical (unpaired) electrons. The van der Waals surface area contributed by atoms with E-state index in [9.17, 15) is 4.79 Å². The Bertz CT molecular complexity index is 353. The standard InChI is InChI=1S/C8H8N2O2S/c9-3-5-1-2-7(13-5)6(4-10)8(11)12/h1-2,6H,4,10H2,(H,11,12). The van der Waals surface area contributed by atoms with Crippen LogP contribution in [0.1, 0.15) is 15.7 Å². The van der Waals surface area contributed by atoms with Gasteiger partial charge in [-0.2, -0.15) is 5.26 Å². The first-order valence-electron chi connectivity index (χ1n) is 3.61.